The Balaban J connectivity index is 1.64. The molecule has 6 heteroatoms. The van der Waals surface area contributed by atoms with Crippen LogP contribution >= 0.6 is 0 Å². The van der Waals surface area contributed by atoms with Crippen molar-refractivity contribution < 1.29 is 19.7 Å². The molecule has 3 rings (SSSR count). The topological polar surface area (TPSA) is 82.0 Å². The predicted octanol–water partition coefficient (Wildman–Crippen LogP) is 0.637. The van der Waals surface area contributed by atoms with E-state index in [1.165, 1.54) is 0 Å². The van der Waals surface area contributed by atoms with Gasteiger partial charge >= 0.3 is 0 Å². The summed E-state index contributed by atoms with van der Waals surface area (Å²) in [6, 6.07) is 8.85. The number of carbonyl (C=O) groups is 1. The maximum Gasteiger partial charge on any atom is 0.251 e. The monoisotopic (exact) mass is 348 g/mol. The van der Waals surface area contributed by atoms with E-state index < -0.39 is 12.2 Å². The first-order valence-corrected chi connectivity index (χ1v) is 9.12. The van der Waals surface area contributed by atoms with Gasteiger partial charge in [0.1, 0.15) is 12.2 Å². The Morgan fingerprint density at radius 1 is 1.24 bits per heavy atom. The molecule has 4 atom stereocenters. The van der Waals surface area contributed by atoms with Crippen molar-refractivity contribution in [2.45, 2.75) is 44.1 Å². The fourth-order valence-electron chi connectivity index (χ4n) is 3.81. The first kappa shape index (κ1) is 18.3. The summed E-state index contributed by atoms with van der Waals surface area (Å²) in [4.78, 5) is 14.5. The second-order valence-electron chi connectivity index (χ2n) is 7.17. The summed E-state index contributed by atoms with van der Waals surface area (Å²) in [5.74, 6) is 0.540. The van der Waals surface area contributed by atoms with E-state index in [9.17, 15) is 15.0 Å². The van der Waals surface area contributed by atoms with Gasteiger partial charge in [-0.3, -0.25) is 9.69 Å². The van der Waals surface area contributed by atoms with Crippen LogP contribution in [0.2, 0.25) is 0 Å². The molecule has 2 aliphatic heterocycles. The van der Waals surface area contributed by atoms with Crippen LogP contribution in [0.5, 0.6) is 0 Å². The summed E-state index contributed by atoms with van der Waals surface area (Å²) in [7, 11) is 0. The number of aliphatic hydroxyl groups is 2. The number of nitrogens with zero attached hydrogens (tertiary/aromatic N) is 1. The Kier molecular flexibility index (Phi) is 6.06. The Morgan fingerprint density at radius 3 is 2.56 bits per heavy atom. The molecule has 0 aromatic heterocycles. The van der Waals surface area contributed by atoms with Crippen LogP contribution in [-0.4, -0.2) is 71.6 Å². The number of hydrogen-bond donors (Lipinski definition) is 3. The molecule has 4 unspecified atom stereocenters. The molecule has 0 bridgehead atoms. The van der Waals surface area contributed by atoms with Crippen LogP contribution in [0.25, 0.3) is 0 Å². The maximum atomic E-state index is 12.3. The van der Waals surface area contributed by atoms with E-state index in [1.54, 1.807) is 12.1 Å². The van der Waals surface area contributed by atoms with Gasteiger partial charge in [-0.15, -0.1) is 0 Å². The van der Waals surface area contributed by atoms with Crippen molar-refractivity contribution in [2.75, 3.05) is 26.2 Å². The van der Waals surface area contributed by atoms with Gasteiger partial charge in [0.15, 0.2) is 0 Å². The SMILES string of the molecule is CC1CCN(C2C(CNC(=O)c3ccccc3)OC(CO)C2O)CC1. The molecule has 2 heterocycles. The Labute approximate surface area is 148 Å². The largest absolute Gasteiger partial charge is 0.394 e. The van der Waals surface area contributed by atoms with Crippen LogP contribution < -0.4 is 5.32 Å². The van der Waals surface area contributed by atoms with Gasteiger partial charge in [-0.25, -0.2) is 0 Å². The molecule has 6 nitrogen and oxygen atoms in total. The number of benzene rings is 1. The van der Waals surface area contributed by atoms with Crippen molar-refractivity contribution >= 4 is 5.91 Å². The van der Waals surface area contributed by atoms with Gasteiger partial charge in [-0.05, 0) is 44.0 Å². The average molecular weight is 348 g/mol. The number of hydrogen-bond acceptors (Lipinski definition) is 5. The highest BCUT2D eigenvalue weighted by Crippen LogP contribution is 2.29. The van der Waals surface area contributed by atoms with Gasteiger partial charge in [0.2, 0.25) is 0 Å². The molecule has 2 aliphatic rings. The summed E-state index contributed by atoms with van der Waals surface area (Å²) in [5.41, 5.74) is 0.600. The normalized spacial score (nSPS) is 31.2. The van der Waals surface area contributed by atoms with E-state index in [0.717, 1.165) is 25.9 Å². The molecular weight excluding hydrogens is 320 g/mol. The quantitative estimate of drug-likeness (QED) is 0.727. The highest BCUT2D eigenvalue weighted by atomic mass is 16.5. The lowest BCUT2D eigenvalue weighted by Crippen LogP contribution is -2.53. The van der Waals surface area contributed by atoms with Crippen LogP contribution in [-0.2, 0) is 4.74 Å². The zero-order valence-electron chi connectivity index (χ0n) is 14.7. The lowest BCUT2D eigenvalue weighted by molar-refractivity contribution is -0.0209. The molecule has 2 saturated heterocycles. The van der Waals surface area contributed by atoms with Crippen LogP contribution in [0.1, 0.15) is 30.1 Å². The fraction of sp³-hybridized carbons (Fsp3) is 0.632. The molecule has 3 N–H and O–H groups in total. The van der Waals surface area contributed by atoms with Crippen molar-refractivity contribution in [3.63, 3.8) is 0 Å². The first-order valence-electron chi connectivity index (χ1n) is 9.12. The number of piperidine rings is 1. The summed E-state index contributed by atoms with van der Waals surface area (Å²) < 4.78 is 5.85. The number of nitrogens with one attached hydrogen (secondary N) is 1. The summed E-state index contributed by atoms with van der Waals surface area (Å²) in [6.45, 7) is 4.16. The number of carbonyl (C=O) groups excluding carboxylic acids is 1. The number of likely N-dealkylation sites (tertiary alicyclic amines) is 1. The number of amides is 1. The molecule has 1 aromatic carbocycles. The van der Waals surface area contributed by atoms with Gasteiger partial charge in [0, 0.05) is 12.1 Å². The van der Waals surface area contributed by atoms with Crippen LogP contribution in [0.3, 0.4) is 0 Å². The van der Waals surface area contributed by atoms with E-state index in [-0.39, 0.29) is 24.7 Å². The Hall–Kier alpha value is -1.47. The number of rotatable bonds is 5. The van der Waals surface area contributed by atoms with E-state index in [2.05, 4.69) is 17.1 Å². The zero-order chi connectivity index (χ0) is 17.8. The molecular formula is C19H28N2O4. The highest BCUT2D eigenvalue weighted by Gasteiger charge is 2.46. The van der Waals surface area contributed by atoms with Gasteiger partial charge in [-0.2, -0.15) is 0 Å². The zero-order valence-corrected chi connectivity index (χ0v) is 14.7. The van der Waals surface area contributed by atoms with Crippen LogP contribution in [0.15, 0.2) is 30.3 Å². The maximum absolute atomic E-state index is 12.3. The molecule has 0 aliphatic carbocycles. The second-order valence-corrected chi connectivity index (χ2v) is 7.17. The number of ether oxygens (including phenoxy) is 1. The molecule has 25 heavy (non-hydrogen) atoms. The Bertz CT molecular complexity index is 560. The molecule has 0 radical (unpaired) electrons. The van der Waals surface area contributed by atoms with Crippen molar-refractivity contribution in [3.8, 4) is 0 Å². The third kappa shape index (κ3) is 4.20. The second kappa shape index (κ2) is 8.27. The summed E-state index contributed by atoms with van der Waals surface area (Å²) in [6.07, 6.45) is 0.528. The molecule has 138 valence electrons. The lowest BCUT2D eigenvalue weighted by atomic mass is 9.94. The third-order valence-electron chi connectivity index (χ3n) is 5.38. The van der Waals surface area contributed by atoms with E-state index in [4.69, 9.17) is 4.74 Å². The van der Waals surface area contributed by atoms with E-state index >= 15 is 0 Å². The smallest absolute Gasteiger partial charge is 0.251 e. The van der Waals surface area contributed by atoms with E-state index in [0.29, 0.717) is 18.0 Å². The van der Waals surface area contributed by atoms with Crippen LogP contribution in [0, 0.1) is 5.92 Å². The van der Waals surface area contributed by atoms with Gasteiger partial charge < -0.3 is 20.3 Å². The van der Waals surface area contributed by atoms with Crippen molar-refractivity contribution in [1.82, 2.24) is 10.2 Å². The molecule has 0 spiro atoms. The first-order chi connectivity index (χ1) is 12.1. The molecule has 0 saturated carbocycles. The van der Waals surface area contributed by atoms with Crippen molar-refractivity contribution in [2.24, 2.45) is 5.92 Å². The fourth-order valence-corrected chi connectivity index (χ4v) is 3.81. The lowest BCUT2D eigenvalue weighted by Gasteiger charge is -2.38. The average Bonchev–Trinajstić information content (AvgIpc) is 2.97. The summed E-state index contributed by atoms with van der Waals surface area (Å²) in [5, 5.41) is 23.0. The van der Waals surface area contributed by atoms with Crippen molar-refractivity contribution in [1.29, 1.82) is 0 Å². The summed E-state index contributed by atoms with van der Waals surface area (Å²) >= 11 is 0. The van der Waals surface area contributed by atoms with Gasteiger partial charge in [0.25, 0.3) is 5.91 Å². The Morgan fingerprint density at radius 2 is 1.92 bits per heavy atom. The van der Waals surface area contributed by atoms with Gasteiger partial charge in [-0.1, -0.05) is 25.1 Å². The highest BCUT2D eigenvalue weighted by molar-refractivity contribution is 5.94. The molecule has 2 fully saturated rings. The van der Waals surface area contributed by atoms with Gasteiger partial charge in [0.05, 0.1) is 18.8 Å². The molecule has 1 amide bonds. The predicted molar refractivity (Wildman–Crippen MR) is 94.3 cm³/mol. The van der Waals surface area contributed by atoms with Crippen LogP contribution in [0.4, 0.5) is 0 Å². The minimum absolute atomic E-state index is 0.155. The standard InChI is InChI=1S/C19H28N2O4/c1-13-7-9-21(10-8-13)17-15(25-16(12-22)18(17)23)11-20-19(24)14-5-3-2-4-6-14/h2-6,13,15-18,22-23H,7-12H2,1H3,(H,20,24). The van der Waals surface area contributed by atoms with Crippen molar-refractivity contribution in [3.05, 3.63) is 35.9 Å². The molecule has 1 aromatic rings. The van der Waals surface area contributed by atoms with E-state index in [1.807, 2.05) is 18.2 Å². The minimum atomic E-state index is -0.739. The number of aliphatic hydroxyl groups excluding tert-OH is 2. The minimum Gasteiger partial charge on any atom is -0.394 e. The third-order valence-corrected chi connectivity index (χ3v) is 5.38.